The van der Waals surface area contributed by atoms with Crippen LogP contribution in [0.4, 0.5) is 0 Å². The molecular formula is C10H14O. The lowest BCUT2D eigenvalue weighted by atomic mass is 9.74. The fourth-order valence-corrected chi connectivity index (χ4v) is 1.34. The van der Waals surface area contributed by atoms with Crippen LogP contribution >= 0.6 is 0 Å². The molecule has 0 aromatic heterocycles. The Hall–Kier alpha value is -0.850. The second-order valence-electron chi connectivity index (χ2n) is 3.45. The van der Waals surface area contributed by atoms with E-state index in [0.717, 1.165) is 18.4 Å². The summed E-state index contributed by atoms with van der Waals surface area (Å²) >= 11 is 0. The largest absolute Gasteiger partial charge is 0.294 e. The first-order valence-electron chi connectivity index (χ1n) is 3.99. The van der Waals surface area contributed by atoms with Gasteiger partial charge in [0.2, 0.25) is 0 Å². The minimum Gasteiger partial charge on any atom is -0.294 e. The smallest absolute Gasteiger partial charge is 0.161 e. The third-order valence-corrected chi connectivity index (χ3v) is 2.46. The van der Waals surface area contributed by atoms with Gasteiger partial charge in [-0.2, -0.15) is 0 Å². The quantitative estimate of drug-likeness (QED) is 0.561. The molecule has 0 saturated carbocycles. The second kappa shape index (κ2) is 2.65. The molecule has 11 heavy (non-hydrogen) atoms. The Kier molecular flexibility index (Phi) is 1.99. The van der Waals surface area contributed by atoms with E-state index in [2.05, 4.69) is 6.58 Å². The van der Waals surface area contributed by atoms with Gasteiger partial charge in [-0.1, -0.05) is 32.1 Å². The van der Waals surface area contributed by atoms with Gasteiger partial charge < -0.3 is 0 Å². The zero-order valence-electron chi connectivity index (χ0n) is 7.18. The molecule has 0 bridgehead atoms. The highest BCUT2D eigenvalue weighted by molar-refractivity contribution is 5.96. The maximum Gasteiger partial charge on any atom is 0.161 e. The van der Waals surface area contributed by atoms with Gasteiger partial charge in [-0.15, -0.1) is 0 Å². The van der Waals surface area contributed by atoms with Crippen LogP contribution < -0.4 is 0 Å². The third kappa shape index (κ3) is 1.42. The number of hydrogen-bond donors (Lipinski definition) is 0. The van der Waals surface area contributed by atoms with Gasteiger partial charge in [-0.3, -0.25) is 4.79 Å². The average Bonchev–Trinajstić information content (AvgIpc) is 1.98. The van der Waals surface area contributed by atoms with Crippen LogP contribution in [0.2, 0.25) is 0 Å². The summed E-state index contributed by atoms with van der Waals surface area (Å²) in [5, 5.41) is 0. The normalized spacial score (nSPS) is 31.1. The molecule has 1 rings (SSSR count). The molecule has 1 unspecified atom stereocenters. The van der Waals surface area contributed by atoms with Crippen molar-refractivity contribution in [1.82, 2.24) is 0 Å². The maximum atomic E-state index is 11.4. The van der Waals surface area contributed by atoms with Crippen molar-refractivity contribution in [3.05, 3.63) is 24.3 Å². The number of carbonyl (C=O) groups is 1. The summed E-state index contributed by atoms with van der Waals surface area (Å²) in [5.74, 6) is 0.243. The van der Waals surface area contributed by atoms with Crippen LogP contribution in [0.5, 0.6) is 0 Å². The Bertz CT molecular complexity index is 225. The van der Waals surface area contributed by atoms with Crippen LogP contribution in [0, 0.1) is 5.41 Å². The predicted octanol–water partition coefficient (Wildman–Crippen LogP) is 2.49. The fourth-order valence-electron chi connectivity index (χ4n) is 1.34. The summed E-state index contributed by atoms with van der Waals surface area (Å²) in [5.41, 5.74) is 0.889. The molecule has 0 aromatic rings. The van der Waals surface area contributed by atoms with E-state index in [4.69, 9.17) is 0 Å². The summed E-state index contributed by atoms with van der Waals surface area (Å²) in [4.78, 5) is 11.4. The summed E-state index contributed by atoms with van der Waals surface area (Å²) in [7, 11) is 0. The molecule has 1 aliphatic carbocycles. The molecule has 0 aliphatic heterocycles. The SMILES string of the molecule is C=C1C=CC(=O)C(C)(CC)C1. The van der Waals surface area contributed by atoms with Crippen LogP contribution in [-0.4, -0.2) is 5.78 Å². The monoisotopic (exact) mass is 150 g/mol. The molecule has 0 heterocycles. The number of rotatable bonds is 1. The Morgan fingerprint density at radius 2 is 2.27 bits per heavy atom. The van der Waals surface area contributed by atoms with Crippen molar-refractivity contribution >= 4 is 5.78 Å². The van der Waals surface area contributed by atoms with Crippen LogP contribution in [0.3, 0.4) is 0 Å². The van der Waals surface area contributed by atoms with E-state index in [9.17, 15) is 4.79 Å². The van der Waals surface area contributed by atoms with E-state index < -0.39 is 0 Å². The van der Waals surface area contributed by atoms with E-state index in [1.54, 1.807) is 6.08 Å². The average molecular weight is 150 g/mol. The second-order valence-corrected chi connectivity index (χ2v) is 3.45. The predicted molar refractivity (Wildman–Crippen MR) is 46.3 cm³/mol. The Balaban J connectivity index is 2.92. The van der Waals surface area contributed by atoms with Crippen molar-refractivity contribution in [3.63, 3.8) is 0 Å². The number of ketones is 1. The Morgan fingerprint density at radius 3 is 2.73 bits per heavy atom. The lowest BCUT2D eigenvalue weighted by Crippen LogP contribution is -2.28. The molecule has 0 spiro atoms. The summed E-state index contributed by atoms with van der Waals surface area (Å²) in [6.45, 7) is 7.90. The molecule has 1 nitrogen and oxygen atoms in total. The Morgan fingerprint density at radius 1 is 1.64 bits per heavy atom. The van der Waals surface area contributed by atoms with Gasteiger partial charge in [-0.25, -0.2) is 0 Å². The van der Waals surface area contributed by atoms with Crippen molar-refractivity contribution in [2.75, 3.05) is 0 Å². The van der Waals surface area contributed by atoms with Crippen molar-refractivity contribution in [1.29, 1.82) is 0 Å². The van der Waals surface area contributed by atoms with E-state index in [0.29, 0.717) is 0 Å². The topological polar surface area (TPSA) is 17.1 Å². The van der Waals surface area contributed by atoms with Gasteiger partial charge in [-0.05, 0) is 18.9 Å². The van der Waals surface area contributed by atoms with Crippen LogP contribution in [0.15, 0.2) is 24.3 Å². The van der Waals surface area contributed by atoms with Gasteiger partial charge in [0, 0.05) is 5.41 Å². The van der Waals surface area contributed by atoms with E-state index in [1.165, 1.54) is 0 Å². The van der Waals surface area contributed by atoms with Crippen molar-refractivity contribution < 1.29 is 4.79 Å². The van der Waals surface area contributed by atoms with E-state index in [1.807, 2.05) is 19.9 Å². The molecule has 1 atom stereocenters. The number of hydrogen-bond acceptors (Lipinski definition) is 1. The fraction of sp³-hybridized carbons (Fsp3) is 0.500. The van der Waals surface area contributed by atoms with E-state index in [-0.39, 0.29) is 11.2 Å². The van der Waals surface area contributed by atoms with Crippen LogP contribution in [0.25, 0.3) is 0 Å². The first-order chi connectivity index (χ1) is 5.08. The van der Waals surface area contributed by atoms with Crippen molar-refractivity contribution in [2.45, 2.75) is 26.7 Å². The lowest BCUT2D eigenvalue weighted by molar-refractivity contribution is -0.123. The zero-order chi connectivity index (χ0) is 8.48. The molecule has 1 aliphatic rings. The summed E-state index contributed by atoms with van der Waals surface area (Å²) in [6.07, 6.45) is 5.18. The lowest BCUT2D eigenvalue weighted by Gasteiger charge is -2.28. The third-order valence-electron chi connectivity index (χ3n) is 2.46. The van der Waals surface area contributed by atoms with Crippen LogP contribution in [-0.2, 0) is 4.79 Å². The Labute approximate surface area is 67.8 Å². The number of carbonyl (C=O) groups excluding carboxylic acids is 1. The van der Waals surface area contributed by atoms with Gasteiger partial charge in [0.05, 0.1) is 0 Å². The first-order valence-corrected chi connectivity index (χ1v) is 3.99. The number of allylic oxidation sites excluding steroid dienone is 3. The van der Waals surface area contributed by atoms with E-state index >= 15 is 0 Å². The minimum absolute atomic E-state index is 0.175. The molecule has 60 valence electrons. The molecule has 0 amide bonds. The van der Waals surface area contributed by atoms with Crippen molar-refractivity contribution in [3.8, 4) is 0 Å². The van der Waals surface area contributed by atoms with Gasteiger partial charge >= 0.3 is 0 Å². The summed E-state index contributed by atoms with van der Waals surface area (Å²) < 4.78 is 0. The zero-order valence-corrected chi connectivity index (χ0v) is 7.18. The highest BCUT2D eigenvalue weighted by Crippen LogP contribution is 2.34. The van der Waals surface area contributed by atoms with Gasteiger partial charge in [0.15, 0.2) is 5.78 Å². The maximum absolute atomic E-state index is 11.4. The molecule has 0 aromatic carbocycles. The molecule has 1 heteroatoms. The van der Waals surface area contributed by atoms with Crippen molar-refractivity contribution in [2.24, 2.45) is 5.41 Å². The molecule has 0 radical (unpaired) electrons. The molecule has 0 saturated heterocycles. The highest BCUT2D eigenvalue weighted by atomic mass is 16.1. The first kappa shape index (κ1) is 8.25. The highest BCUT2D eigenvalue weighted by Gasteiger charge is 2.31. The van der Waals surface area contributed by atoms with Crippen LogP contribution in [0.1, 0.15) is 26.7 Å². The van der Waals surface area contributed by atoms with Gasteiger partial charge in [0.1, 0.15) is 0 Å². The summed E-state index contributed by atoms with van der Waals surface area (Å²) in [6, 6.07) is 0. The molecular weight excluding hydrogens is 136 g/mol. The molecule has 0 fully saturated rings. The standard InChI is InChI=1S/C10H14O/c1-4-10(3)7-8(2)5-6-9(10)11/h5-6H,2,4,7H2,1,3H3. The van der Waals surface area contributed by atoms with Gasteiger partial charge in [0.25, 0.3) is 0 Å². The minimum atomic E-state index is -0.175. The molecule has 0 N–H and O–H groups in total.